The summed E-state index contributed by atoms with van der Waals surface area (Å²) in [5.74, 6) is 0.807. The van der Waals surface area contributed by atoms with Crippen molar-refractivity contribution >= 4 is 17.5 Å². The second-order valence-electron chi connectivity index (χ2n) is 5.61. The summed E-state index contributed by atoms with van der Waals surface area (Å²) in [5, 5.41) is 5.33. The quantitative estimate of drug-likeness (QED) is 0.803. The number of fused-ring (bicyclic) bond motifs is 1. The number of nitrogens with one attached hydrogen (secondary N) is 2. The van der Waals surface area contributed by atoms with Gasteiger partial charge < -0.3 is 20.1 Å². The van der Waals surface area contributed by atoms with Crippen molar-refractivity contribution in [1.29, 1.82) is 0 Å². The van der Waals surface area contributed by atoms with Gasteiger partial charge >= 0.3 is 0 Å². The summed E-state index contributed by atoms with van der Waals surface area (Å²) in [4.78, 5) is 27.7. The number of nitrogens with zero attached hydrogens (tertiary/aromatic N) is 1. The molecular weight excluding hydrogens is 322 g/mol. The molecule has 2 heterocycles. The first-order valence-electron chi connectivity index (χ1n) is 8.06. The summed E-state index contributed by atoms with van der Waals surface area (Å²) in [7, 11) is 0. The maximum Gasteiger partial charge on any atom is 0.243 e. The van der Waals surface area contributed by atoms with Gasteiger partial charge in [0, 0.05) is 30.6 Å². The number of amides is 2. The third kappa shape index (κ3) is 4.94. The molecular formula is C18H19N3O4. The average Bonchev–Trinajstić information content (AvgIpc) is 3.09. The molecule has 0 unspecified atom stereocenters. The number of anilines is 1. The number of aromatic nitrogens is 1. The van der Waals surface area contributed by atoms with E-state index in [2.05, 4.69) is 15.6 Å². The molecule has 3 rings (SSSR count). The van der Waals surface area contributed by atoms with Gasteiger partial charge in [0.2, 0.25) is 18.6 Å². The van der Waals surface area contributed by atoms with Crippen LogP contribution in [-0.4, -0.2) is 30.1 Å². The molecule has 7 heteroatoms. The van der Waals surface area contributed by atoms with E-state index in [0.29, 0.717) is 30.0 Å². The Morgan fingerprint density at radius 3 is 2.84 bits per heavy atom. The monoisotopic (exact) mass is 341 g/mol. The number of pyridine rings is 1. The van der Waals surface area contributed by atoms with E-state index in [-0.39, 0.29) is 25.2 Å². The number of carbonyl (C=O) groups is 2. The second-order valence-corrected chi connectivity index (χ2v) is 5.61. The molecule has 1 aromatic heterocycles. The highest BCUT2D eigenvalue weighted by molar-refractivity contribution is 5.94. The summed E-state index contributed by atoms with van der Waals surface area (Å²) in [6.45, 7) is 0.113. The van der Waals surface area contributed by atoms with E-state index < -0.39 is 0 Å². The number of hydrogen-bond acceptors (Lipinski definition) is 5. The molecule has 0 saturated heterocycles. The minimum absolute atomic E-state index is 0.0693. The van der Waals surface area contributed by atoms with Crippen LogP contribution in [0.5, 0.6) is 11.5 Å². The minimum Gasteiger partial charge on any atom is -0.454 e. The second kappa shape index (κ2) is 8.14. The van der Waals surface area contributed by atoms with Crippen LogP contribution < -0.4 is 20.1 Å². The van der Waals surface area contributed by atoms with Gasteiger partial charge in [0.1, 0.15) is 0 Å². The molecule has 0 radical (unpaired) electrons. The van der Waals surface area contributed by atoms with Crippen molar-refractivity contribution in [2.75, 3.05) is 18.7 Å². The molecule has 0 bridgehead atoms. The summed E-state index contributed by atoms with van der Waals surface area (Å²) < 4.78 is 10.5. The third-order valence-corrected chi connectivity index (χ3v) is 3.69. The van der Waals surface area contributed by atoms with Gasteiger partial charge in [0.05, 0.1) is 6.54 Å². The van der Waals surface area contributed by atoms with Crippen molar-refractivity contribution in [2.45, 2.75) is 19.3 Å². The van der Waals surface area contributed by atoms with E-state index >= 15 is 0 Å². The number of hydrogen-bond donors (Lipinski definition) is 2. The smallest absolute Gasteiger partial charge is 0.243 e. The Hall–Kier alpha value is -3.09. The van der Waals surface area contributed by atoms with Gasteiger partial charge in [-0.3, -0.25) is 14.6 Å². The van der Waals surface area contributed by atoms with Gasteiger partial charge in [0.25, 0.3) is 0 Å². The van der Waals surface area contributed by atoms with Gasteiger partial charge in [-0.2, -0.15) is 0 Å². The average molecular weight is 341 g/mol. The van der Waals surface area contributed by atoms with E-state index in [1.165, 1.54) is 0 Å². The standard InChI is InChI=1S/C18H19N3O4/c22-17(5-1-3-13-4-2-8-19-10-13)20-11-18(23)21-14-6-7-15-16(9-14)25-12-24-15/h2,4,6-10H,1,3,5,11-12H2,(H,20,22)(H,21,23). The van der Waals surface area contributed by atoms with E-state index in [1.54, 1.807) is 30.6 Å². The molecule has 2 N–H and O–H groups in total. The SMILES string of the molecule is O=C(CCCc1cccnc1)NCC(=O)Nc1ccc2c(c1)OCO2. The lowest BCUT2D eigenvalue weighted by Gasteiger charge is -2.08. The molecule has 0 atom stereocenters. The van der Waals surface area contributed by atoms with Crippen LogP contribution in [0.25, 0.3) is 0 Å². The Morgan fingerprint density at radius 1 is 1.12 bits per heavy atom. The van der Waals surface area contributed by atoms with Gasteiger partial charge in [-0.25, -0.2) is 0 Å². The van der Waals surface area contributed by atoms with Crippen molar-refractivity contribution in [3.05, 3.63) is 48.3 Å². The molecule has 25 heavy (non-hydrogen) atoms. The fourth-order valence-corrected chi connectivity index (χ4v) is 2.45. The molecule has 7 nitrogen and oxygen atoms in total. The number of aryl methyl sites for hydroxylation is 1. The molecule has 2 amide bonds. The first-order valence-corrected chi connectivity index (χ1v) is 8.06. The molecule has 0 spiro atoms. The van der Waals surface area contributed by atoms with Gasteiger partial charge in [0.15, 0.2) is 11.5 Å². The van der Waals surface area contributed by atoms with Crippen LogP contribution in [0.15, 0.2) is 42.7 Å². The van der Waals surface area contributed by atoms with Crippen LogP contribution in [0.3, 0.4) is 0 Å². The molecule has 0 aliphatic carbocycles. The van der Waals surface area contributed by atoms with Crippen LogP contribution in [0, 0.1) is 0 Å². The van der Waals surface area contributed by atoms with Gasteiger partial charge in [-0.15, -0.1) is 0 Å². The Morgan fingerprint density at radius 2 is 2.00 bits per heavy atom. The summed E-state index contributed by atoms with van der Waals surface area (Å²) in [6, 6.07) is 8.99. The normalized spacial score (nSPS) is 11.8. The van der Waals surface area contributed by atoms with E-state index in [4.69, 9.17) is 9.47 Å². The Labute approximate surface area is 145 Å². The number of rotatable bonds is 7. The maximum absolute atomic E-state index is 11.9. The zero-order valence-corrected chi connectivity index (χ0v) is 13.7. The predicted octanol–water partition coefficient (Wildman–Crippen LogP) is 1.89. The molecule has 1 aromatic carbocycles. The molecule has 1 aliphatic rings. The van der Waals surface area contributed by atoms with Crippen molar-refractivity contribution in [2.24, 2.45) is 0 Å². The van der Waals surface area contributed by atoms with E-state index in [9.17, 15) is 9.59 Å². The molecule has 2 aromatic rings. The topological polar surface area (TPSA) is 89.6 Å². The fourth-order valence-electron chi connectivity index (χ4n) is 2.45. The number of ether oxygens (including phenoxy) is 2. The van der Waals surface area contributed by atoms with E-state index in [0.717, 1.165) is 12.0 Å². The molecule has 1 aliphatic heterocycles. The van der Waals surface area contributed by atoms with Crippen LogP contribution in [-0.2, 0) is 16.0 Å². The number of carbonyl (C=O) groups excluding carboxylic acids is 2. The van der Waals surface area contributed by atoms with Crippen LogP contribution >= 0.6 is 0 Å². The predicted molar refractivity (Wildman–Crippen MR) is 91.4 cm³/mol. The zero-order chi connectivity index (χ0) is 17.5. The Balaban J connectivity index is 1.36. The zero-order valence-electron chi connectivity index (χ0n) is 13.7. The highest BCUT2D eigenvalue weighted by Gasteiger charge is 2.14. The van der Waals surface area contributed by atoms with Crippen molar-refractivity contribution in [1.82, 2.24) is 10.3 Å². The van der Waals surface area contributed by atoms with Crippen molar-refractivity contribution in [3.63, 3.8) is 0 Å². The van der Waals surface area contributed by atoms with E-state index in [1.807, 2.05) is 12.1 Å². The summed E-state index contributed by atoms with van der Waals surface area (Å²) >= 11 is 0. The van der Waals surface area contributed by atoms with Crippen LogP contribution in [0.2, 0.25) is 0 Å². The molecule has 130 valence electrons. The fraction of sp³-hybridized carbons (Fsp3) is 0.278. The minimum atomic E-state index is -0.292. The van der Waals surface area contributed by atoms with Gasteiger partial charge in [-0.05, 0) is 36.6 Å². The maximum atomic E-state index is 11.9. The van der Waals surface area contributed by atoms with Crippen molar-refractivity contribution < 1.29 is 19.1 Å². The first-order chi connectivity index (χ1) is 12.2. The van der Waals surface area contributed by atoms with Gasteiger partial charge in [-0.1, -0.05) is 6.07 Å². The number of benzene rings is 1. The molecule has 0 saturated carbocycles. The van der Waals surface area contributed by atoms with Crippen LogP contribution in [0.4, 0.5) is 5.69 Å². The largest absolute Gasteiger partial charge is 0.454 e. The van der Waals surface area contributed by atoms with Crippen molar-refractivity contribution in [3.8, 4) is 11.5 Å². The lowest BCUT2D eigenvalue weighted by Crippen LogP contribution is -2.32. The first kappa shape index (κ1) is 16.8. The summed E-state index contributed by atoms with van der Waals surface area (Å²) in [6.07, 6.45) is 5.36. The highest BCUT2D eigenvalue weighted by Crippen LogP contribution is 2.34. The Kier molecular flexibility index (Phi) is 5.46. The summed E-state index contributed by atoms with van der Waals surface area (Å²) in [5.41, 5.74) is 1.69. The molecule has 0 fully saturated rings. The highest BCUT2D eigenvalue weighted by atomic mass is 16.7. The lowest BCUT2D eigenvalue weighted by molar-refractivity contribution is -0.124. The Bertz CT molecular complexity index is 749. The lowest BCUT2D eigenvalue weighted by atomic mass is 10.1. The third-order valence-electron chi connectivity index (χ3n) is 3.69. The van der Waals surface area contributed by atoms with Crippen LogP contribution in [0.1, 0.15) is 18.4 Å².